The zero-order chi connectivity index (χ0) is 13.7. The molecule has 0 radical (unpaired) electrons. The van der Waals surface area contributed by atoms with Gasteiger partial charge in [-0.15, -0.1) is 11.8 Å². The van der Waals surface area contributed by atoms with Crippen molar-refractivity contribution in [2.24, 2.45) is 0 Å². The van der Waals surface area contributed by atoms with Crippen LogP contribution in [0.25, 0.3) is 0 Å². The molecule has 19 heavy (non-hydrogen) atoms. The van der Waals surface area contributed by atoms with Gasteiger partial charge in [-0.2, -0.15) is 5.26 Å². The largest absolute Gasteiger partial charge is 0.381 e. The van der Waals surface area contributed by atoms with Crippen molar-refractivity contribution < 1.29 is 4.39 Å². The van der Waals surface area contributed by atoms with Gasteiger partial charge in [0.2, 0.25) is 0 Å². The van der Waals surface area contributed by atoms with Gasteiger partial charge in [0.15, 0.2) is 0 Å². The van der Waals surface area contributed by atoms with Crippen molar-refractivity contribution in [1.29, 1.82) is 5.26 Å². The molecule has 2 nitrogen and oxygen atoms in total. The van der Waals surface area contributed by atoms with Crippen molar-refractivity contribution in [3.05, 3.63) is 59.4 Å². The van der Waals surface area contributed by atoms with Gasteiger partial charge in [-0.1, -0.05) is 6.07 Å². The Bertz CT molecular complexity index is 620. The van der Waals surface area contributed by atoms with E-state index in [1.165, 1.54) is 18.2 Å². The predicted octanol–water partition coefficient (Wildman–Crippen LogP) is 4.03. The highest BCUT2D eigenvalue weighted by Crippen LogP contribution is 2.20. The van der Waals surface area contributed by atoms with Gasteiger partial charge >= 0.3 is 0 Å². The molecule has 0 unspecified atom stereocenters. The van der Waals surface area contributed by atoms with Crippen LogP contribution < -0.4 is 5.32 Å². The zero-order valence-corrected chi connectivity index (χ0v) is 11.3. The Labute approximate surface area is 116 Å². The molecule has 2 aromatic carbocycles. The molecule has 0 saturated heterocycles. The molecule has 4 heteroatoms. The quantitative estimate of drug-likeness (QED) is 0.853. The molecule has 96 valence electrons. The summed E-state index contributed by atoms with van der Waals surface area (Å²) in [4.78, 5) is 1.16. The molecule has 2 rings (SSSR count). The standard InChI is InChI=1S/C15H13FN2S/c1-19-15-4-2-3-14(8-15)18-10-12-7-13(16)6-5-11(12)9-17/h2-8,18H,10H2,1H3. The summed E-state index contributed by atoms with van der Waals surface area (Å²) in [5, 5.41) is 12.2. The minimum atomic E-state index is -0.325. The fraction of sp³-hybridized carbons (Fsp3) is 0.133. The van der Waals surface area contributed by atoms with Gasteiger partial charge in [-0.25, -0.2) is 4.39 Å². The summed E-state index contributed by atoms with van der Waals surface area (Å²) >= 11 is 1.66. The molecule has 0 amide bonds. The van der Waals surface area contributed by atoms with Gasteiger partial charge in [0.1, 0.15) is 5.82 Å². The number of nitrogens with zero attached hydrogens (tertiary/aromatic N) is 1. The molecule has 0 aliphatic rings. The Balaban J connectivity index is 2.14. The number of nitrogens with one attached hydrogen (secondary N) is 1. The van der Waals surface area contributed by atoms with Gasteiger partial charge < -0.3 is 5.32 Å². The third-order valence-electron chi connectivity index (χ3n) is 2.74. The van der Waals surface area contributed by atoms with E-state index in [-0.39, 0.29) is 5.82 Å². The molecular weight excluding hydrogens is 259 g/mol. The molecule has 0 atom stereocenters. The molecule has 0 aliphatic carbocycles. The highest BCUT2D eigenvalue weighted by atomic mass is 32.2. The monoisotopic (exact) mass is 272 g/mol. The van der Waals surface area contributed by atoms with Gasteiger partial charge in [0.25, 0.3) is 0 Å². The van der Waals surface area contributed by atoms with Crippen molar-refractivity contribution in [2.75, 3.05) is 11.6 Å². The SMILES string of the molecule is CSc1cccc(NCc2cc(F)ccc2C#N)c1. The first-order chi connectivity index (χ1) is 9.22. The lowest BCUT2D eigenvalue weighted by molar-refractivity contribution is 0.625. The summed E-state index contributed by atoms with van der Waals surface area (Å²) in [7, 11) is 0. The smallest absolute Gasteiger partial charge is 0.123 e. The normalized spacial score (nSPS) is 9.95. The highest BCUT2D eigenvalue weighted by molar-refractivity contribution is 7.98. The van der Waals surface area contributed by atoms with Crippen molar-refractivity contribution >= 4 is 17.4 Å². The third-order valence-corrected chi connectivity index (χ3v) is 3.47. The van der Waals surface area contributed by atoms with Gasteiger partial charge in [0.05, 0.1) is 11.6 Å². The third kappa shape index (κ3) is 3.49. The van der Waals surface area contributed by atoms with Crippen molar-refractivity contribution in [2.45, 2.75) is 11.4 Å². The predicted molar refractivity (Wildman–Crippen MR) is 76.7 cm³/mol. The van der Waals surface area contributed by atoms with Crippen molar-refractivity contribution in [3.63, 3.8) is 0 Å². The maximum atomic E-state index is 13.2. The van der Waals surface area contributed by atoms with Crippen molar-refractivity contribution in [3.8, 4) is 6.07 Å². The van der Waals surface area contributed by atoms with Gasteiger partial charge in [0, 0.05) is 17.1 Å². The zero-order valence-electron chi connectivity index (χ0n) is 10.5. The molecule has 0 spiro atoms. The molecule has 0 aliphatic heterocycles. The first-order valence-electron chi connectivity index (χ1n) is 5.79. The molecule has 0 saturated carbocycles. The van der Waals surface area contributed by atoms with Crippen LogP contribution in [0.5, 0.6) is 0 Å². The second-order valence-corrected chi connectivity index (χ2v) is 4.88. The van der Waals surface area contributed by atoms with Crippen LogP contribution >= 0.6 is 11.8 Å². The number of rotatable bonds is 4. The molecule has 0 aromatic heterocycles. The molecule has 2 aromatic rings. The van der Waals surface area contributed by atoms with E-state index in [0.29, 0.717) is 17.7 Å². The average molecular weight is 272 g/mol. The first-order valence-corrected chi connectivity index (χ1v) is 7.02. The Morgan fingerprint density at radius 1 is 1.26 bits per heavy atom. The lowest BCUT2D eigenvalue weighted by Gasteiger charge is -2.09. The lowest BCUT2D eigenvalue weighted by Crippen LogP contribution is -2.02. The number of hydrogen-bond acceptors (Lipinski definition) is 3. The summed E-state index contributed by atoms with van der Waals surface area (Å²) < 4.78 is 13.2. The Kier molecular flexibility index (Phi) is 4.43. The first kappa shape index (κ1) is 13.4. The number of nitriles is 1. The maximum Gasteiger partial charge on any atom is 0.123 e. The van der Waals surface area contributed by atoms with Crippen molar-refractivity contribution in [1.82, 2.24) is 0 Å². The van der Waals surface area contributed by atoms with E-state index < -0.39 is 0 Å². The summed E-state index contributed by atoms with van der Waals surface area (Å²) in [5.41, 5.74) is 2.12. The van der Waals surface area contributed by atoms with E-state index in [1.54, 1.807) is 11.8 Å². The van der Waals surface area contributed by atoms with Gasteiger partial charge in [-0.3, -0.25) is 0 Å². The Morgan fingerprint density at radius 3 is 2.84 bits per heavy atom. The molecule has 1 N–H and O–H groups in total. The molecular formula is C15H13FN2S. The van der Waals surface area contributed by atoms with E-state index in [0.717, 1.165) is 10.6 Å². The lowest BCUT2D eigenvalue weighted by atomic mass is 10.1. The average Bonchev–Trinajstić information content (AvgIpc) is 2.45. The van der Waals surface area contributed by atoms with E-state index in [9.17, 15) is 4.39 Å². The molecule has 0 bridgehead atoms. The minimum absolute atomic E-state index is 0.325. The highest BCUT2D eigenvalue weighted by Gasteiger charge is 2.04. The van der Waals surface area contributed by atoms with Gasteiger partial charge in [-0.05, 0) is 48.2 Å². The molecule has 0 heterocycles. The van der Waals surface area contributed by atoms with E-state index in [4.69, 9.17) is 5.26 Å². The van der Waals surface area contributed by atoms with Crippen LogP contribution in [0.4, 0.5) is 10.1 Å². The summed E-state index contributed by atoms with van der Waals surface area (Å²) in [6.07, 6.45) is 2.01. The molecule has 0 fully saturated rings. The summed E-state index contributed by atoms with van der Waals surface area (Å²) in [6, 6.07) is 14.2. The second kappa shape index (κ2) is 6.26. The second-order valence-electron chi connectivity index (χ2n) is 4.00. The van der Waals surface area contributed by atoms with Crippen LogP contribution in [0.15, 0.2) is 47.4 Å². The minimum Gasteiger partial charge on any atom is -0.381 e. The maximum absolute atomic E-state index is 13.2. The van der Waals surface area contributed by atoms with Crippen LogP contribution in [-0.4, -0.2) is 6.26 Å². The number of thioether (sulfide) groups is 1. The summed E-state index contributed by atoms with van der Waals surface area (Å²) in [5.74, 6) is -0.325. The van der Waals surface area contributed by atoms with Crippen LogP contribution in [0.1, 0.15) is 11.1 Å². The van der Waals surface area contributed by atoms with Crippen LogP contribution in [0.3, 0.4) is 0 Å². The van der Waals surface area contributed by atoms with Crippen LogP contribution in [-0.2, 0) is 6.54 Å². The topological polar surface area (TPSA) is 35.8 Å². The number of anilines is 1. The van der Waals surface area contributed by atoms with E-state index >= 15 is 0 Å². The van der Waals surface area contributed by atoms with Crippen LogP contribution in [0.2, 0.25) is 0 Å². The van der Waals surface area contributed by atoms with E-state index in [2.05, 4.69) is 11.4 Å². The number of hydrogen-bond donors (Lipinski definition) is 1. The number of benzene rings is 2. The Hall–Kier alpha value is -1.99. The summed E-state index contributed by atoms with van der Waals surface area (Å²) in [6.45, 7) is 0.429. The fourth-order valence-corrected chi connectivity index (χ4v) is 2.21. The Morgan fingerprint density at radius 2 is 2.11 bits per heavy atom. The number of halogens is 1. The fourth-order valence-electron chi connectivity index (χ4n) is 1.75. The van der Waals surface area contributed by atoms with E-state index in [1.807, 2.05) is 30.5 Å². The van der Waals surface area contributed by atoms with Crippen LogP contribution in [0, 0.1) is 17.1 Å².